The lowest BCUT2D eigenvalue weighted by Gasteiger charge is -2.34. The summed E-state index contributed by atoms with van der Waals surface area (Å²) in [6, 6.07) is 99.2. The van der Waals surface area contributed by atoms with E-state index in [9.17, 15) is 0 Å². The van der Waals surface area contributed by atoms with Gasteiger partial charge in [0.15, 0.2) is 0 Å². The van der Waals surface area contributed by atoms with Gasteiger partial charge in [0.1, 0.15) is 11.2 Å². The van der Waals surface area contributed by atoms with Crippen molar-refractivity contribution in [3.63, 3.8) is 0 Å². The largest absolute Gasteiger partial charge is 0.456 e. The summed E-state index contributed by atoms with van der Waals surface area (Å²) in [5.41, 5.74) is 21.5. The summed E-state index contributed by atoms with van der Waals surface area (Å²) in [4.78, 5) is 2.40. The second-order valence-corrected chi connectivity index (χ2v) is 18.0. The van der Waals surface area contributed by atoms with Crippen LogP contribution >= 0.6 is 0 Å². The maximum absolute atomic E-state index is 6.37. The SMILES string of the molecule is c1ccc(-c2ccc(-c3ccc(N(c4cccc(-c5cccc6c5-c5ccccc5C6(c5ccccc5)c5ccccc5)c4)c4cccc(-c5cccc6oc7ccccc7c56)c4)cc3)cc2)cc1. The maximum atomic E-state index is 6.37. The van der Waals surface area contributed by atoms with Gasteiger partial charge < -0.3 is 9.32 Å². The standard InChI is InChI=1S/C67H45NO/c1-4-18-46(19-5-1)47-36-38-48(39-37-47)49-40-42-54(43-41-49)68(56-27-15-21-51(45-56)58-31-17-35-64-66(58)60-29-11-13-34-63(60)69-64)55-26-14-20-50(44-55)57-30-16-33-62-65(57)59-28-10-12-32-61(59)67(62,52-22-6-2-7-23-52)53-24-8-3-9-25-53/h1-45H. The molecule has 2 nitrogen and oxygen atoms in total. The zero-order valence-corrected chi connectivity index (χ0v) is 37.8. The lowest BCUT2D eigenvalue weighted by atomic mass is 9.67. The van der Waals surface area contributed by atoms with Crippen LogP contribution in [-0.4, -0.2) is 0 Å². The minimum absolute atomic E-state index is 0.485. The molecule has 0 aliphatic heterocycles. The van der Waals surface area contributed by atoms with Crippen molar-refractivity contribution in [2.75, 3.05) is 4.90 Å². The first kappa shape index (κ1) is 40.3. The average Bonchev–Trinajstić information content (AvgIpc) is 3.97. The van der Waals surface area contributed by atoms with Crippen LogP contribution in [0.25, 0.3) is 77.6 Å². The zero-order chi connectivity index (χ0) is 45.7. The zero-order valence-electron chi connectivity index (χ0n) is 37.8. The molecule has 11 aromatic carbocycles. The molecule has 13 rings (SSSR count). The first-order chi connectivity index (χ1) is 34.2. The van der Waals surface area contributed by atoms with Crippen LogP contribution in [-0.2, 0) is 5.41 Å². The molecule has 0 radical (unpaired) electrons. The Morgan fingerprint density at radius 3 is 1.41 bits per heavy atom. The van der Waals surface area contributed by atoms with E-state index >= 15 is 0 Å². The minimum atomic E-state index is -0.485. The molecular formula is C67H45NO. The first-order valence-electron chi connectivity index (χ1n) is 23.7. The van der Waals surface area contributed by atoms with E-state index in [2.05, 4.69) is 272 Å². The number of benzene rings is 11. The Hall–Kier alpha value is -8.98. The Morgan fingerprint density at radius 1 is 0.290 bits per heavy atom. The monoisotopic (exact) mass is 879 g/mol. The predicted molar refractivity (Wildman–Crippen MR) is 287 cm³/mol. The van der Waals surface area contributed by atoms with Gasteiger partial charge in [-0.25, -0.2) is 0 Å². The third-order valence-electron chi connectivity index (χ3n) is 14.2. The van der Waals surface area contributed by atoms with Crippen molar-refractivity contribution < 1.29 is 4.42 Å². The highest BCUT2D eigenvalue weighted by Gasteiger charge is 2.46. The molecule has 0 saturated carbocycles. The molecule has 1 aliphatic carbocycles. The average molecular weight is 880 g/mol. The summed E-state index contributed by atoms with van der Waals surface area (Å²) in [6.45, 7) is 0. The van der Waals surface area contributed by atoms with Gasteiger partial charge in [0, 0.05) is 27.8 Å². The van der Waals surface area contributed by atoms with Gasteiger partial charge in [-0.05, 0) is 126 Å². The van der Waals surface area contributed by atoms with E-state index in [1.807, 2.05) is 6.07 Å². The highest BCUT2D eigenvalue weighted by Crippen LogP contribution is 2.58. The van der Waals surface area contributed by atoms with E-state index in [0.717, 1.165) is 61.3 Å². The third kappa shape index (κ3) is 6.72. The fraction of sp³-hybridized carbons (Fsp3) is 0.0149. The van der Waals surface area contributed by atoms with Crippen molar-refractivity contribution in [3.8, 4) is 55.6 Å². The second kappa shape index (κ2) is 16.7. The quantitative estimate of drug-likeness (QED) is 0.144. The fourth-order valence-corrected chi connectivity index (χ4v) is 11.1. The molecule has 0 spiro atoms. The van der Waals surface area contributed by atoms with Crippen LogP contribution in [0.15, 0.2) is 277 Å². The Labute approximate surface area is 402 Å². The van der Waals surface area contributed by atoms with Crippen LogP contribution in [0.3, 0.4) is 0 Å². The topological polar surface area (TPSA) is 16.4 Å². The number of nitrogens with zero attached hydrogens (tertiary/aromatic N) is 1. The molecule has 0 fully saturated rings. The van der Waals surface area contributed by atoms with Crippen molar-refractivity contribution in [1.29, 1.82) is 0 Å². The van der Waals surface area contributed by atoms with E-state index < -0.39 is 5.41 Å². The van der Waals surface area contributed by atoms with Gasteiger partial charge in [0.2, 0.25) is 0 Å². The lowest BCUT2D eigenvalue weighted by molar-refractivity contribution is 0.669. The molecule has 1 heterocycles. The normalized spacial score (nSPS) is 12.5. The van der Waals surface area contributed by atoms with Crippen LogP contribution in [0.4, 0.5) is 17.1 Å². The molecule has 0 amide bonds. The van der Waals surface area contributed by atoms with Crippen molar-refractivity contribution in [2.24, 2.45) is 0 Å². The molecular weight excluding hydrogens is 835 g/mol. The molecule has 12 aromatic rings. The van der Waals surface area contributed by atoms with Gasteiger partial charge in [0.05, 0.1) is 5.41 Å². The lowest BCUT2D eigenvalue weighted by Crippen LogP contribution is -2.28. The minimum Gasteiger partial charge on any atom is -0.456 e. The van der Waals surface area contributed by atoms with Crippen molar-refractivity contribution in [1.82, 2.24) is 0 Å². The number of hydrogen-bond donors (Lipinski definition) is 0. The van der Waals surface area contributed by atoms with Crippen LogP contribution in [0.1, 0.15) is 22.3 Å². The summed E-state index contributed by atoms with van der Waals surface area (Å²) in [7, 11) is 0. The van der Waals surface area contributed by atoms with E-state index in [1.54, 1.807) is 0 Å². The number of rotatable bonds is 9. The van der Waals surface area contributed by atoms with Crippen molar-refractivity contribution in [2.45, 2.75) is 5.41 Å². The van der Waals surface area contributed by atoms with E-state index in [0.29, 0.717) is 0 Å². The number of para-hydroxylation sites is 1. The predicted octanol–water partition coefficient (Wildman–Crippen LogP) is 18.1. The van der Waals surface area contributed by atoms with Crippen LogP contribution in [0.2, 0.25) is 0 Å². The third-order valence-corrected chi connectivity index (χ3v) is 14.2. The molecule has 0 saturated heterocycles. The molecule has 1 aromatic heterocycles. The van der Waals surface area contributed by atoms with Crippen LogP contribution < -0.4 is 4.90 Å². The van der Waals surface area contributed by atoms with Crippen LogP contribution in [0, 0.1) is 0 Å². The summed E-state index contributed by atoms with van der Waals surface area (Å²) < 4.78 is 6.37. The smallest absolute Gasteiger partial charge is 0.136 e. The Bertz CT molecular complexity index is 3780. The summed E-state index contributed by atoms with van der Waals surface area (Å²) >= 11 is 0. The first-order valence-corrected chi connectivity index (χ1v) is 23.7. The Kier molecular flexibility index (Phi) is 9.77. The number of anilines is 3. The molecule has 1 aliphatic rings. The fourth-order valence-electron chi connectivity index (χ4n) is 11.1. The maximum Gasteiger partial charge on any atom is 0.136 e. The molecule has 69 heavy (non-hydrogen) atoms. The Morgan fingerprint density at radius 2 is 0.739 bits per heavy atom. The van der Waals surface area contributed by atoms with E-state index in [-0.39, 0.29) is 0 Å². The van der Waals surface area contributed by atoms with Crippen molar-refractivity contribution >= 4 is 39.0 Å². The second-order valence-electron chi connectivity index (χ2n) is 18.0. The molecule has 0 unspecified atom stereocenters. The van der Waals surface area contributed by atoms with Gasteiger partial charge in [-0.15, -0.1) is 0 Å². The van der Waals surface area contributed by atoms with E-state index in [4.69, 9.17) is 4.42 Å². The summed E-state index contributed by atoms with van der Waals surface area (Å²) in [6.07, 6.45) is 0. The summed E-state index contributed by atoms with van der Waals surface area (Å²) in [5.74, 6) is 0. The Balaban J connectivity index is 0.968. The number of furan rings is 1. The highest BCUT2D eigenvalue weighted by atomic mass is 16.3. The number of hydrogen-bond acceptors (Lipinski definition) is 2. The van der Waals surface area contributed by atoms with Gasteiger partial charge in [-0.3, -0.25) is 0 Å². The summed E-state index contributed by atoms with van der Waals surface area (Å²) in [5, 5.41) is 2.24. The van der Waals surface area contributed by atoms with Gasteiger partial charge in [0.25, 0.3) is 0 Å². The highest BCUT2D eigenvalue weighted by molar-refractivity contribution is 6.12. The van der Waals surface area contributed by atoms with E-state index in [1.165, 1.54) is 55.6 Å². The van der Waals surface area contributed by atoms with Gasteiger partial charge in [-0.1, -0.05) is 224 Å². The number of fused-ring (bicyclic) bond motifs is 6. The molecule has 0 atom stereocenters. The molecule has 324 valence electrons. The molecule has 2 heteroatoms. The molecule has 0 N–H and O–H groups in total. The van der Waals surface area contributed by atoms with Gasteiger partial charge in [-0.2, -0.15) is 0 Å². The van der Waals surface area contributed by atoms with Gasteiger partial charge >= 0.3 is 0 Å². The molecule has 0 bridgehead atoms. The van der Waals surface area contributed by atoms with Crippen LogP contribution in [0.5, 0.6) is 0 Å². The van der Waals surface area contributed by atoms with Crippen molar-refractivity contribution in [3.05, 3.63) is 295 Å².